The lowest BCUT2D eigenvalue weighted by Gasteiger charge is -2.21. The Bertz CT molecular complexity index is 1080. The Morgan fingerprint density at radius 3 is 2.74 bits per heavy atom. The Kier molecular flexibility index (Phi) is 4.08. The number of carboxylic acid groups (broad SMARTS) is 1. The Morgan fingerprint density at radius 1 is 1.11 bits per heavy atom. The highest BCUT2D eigenvalue weighted by molar-refractivity contribution is 6.05. The predicted octanol–water partition coefficient (Wildman–Crippen LogP) is 3.90. The van der Waals surface area contributed by atoms with Gasteiger partial charge in [-0.1, -0.05) is 0 Å². The minimum absolute atomic E-state index is 0.182. The lowest BCUT2D eigenvalue weighted by atomic mass is 9.98. The topological polar surface area (TPSA) is 88.5 Å². The van der Waals surface area contributed by atoms with Crippen LogP contribution < -0.4 is 10.1 Å². The number of carbonyl (C=O) groups excluding carboxylic acids is 1. The number of aromatic carboxylic acids is 1. The first-order valence-electron chi connectivity index (χ1n) is 8.38. The van der Waals surface area contributed by atoms with E-state index >= 15 is 0 Å². The molecular weight excluding hydrogens is 344 g/mol. The number of hydrogen-bond acceptors (Lipinski definition) is 4. The standard InChI is InChI=1S/C21H16N2O4/c1-12-8-13(2-4-16(12)21(25)26)20(24)23-15-3-5-18-17-6-7-22-10-14(17)11-27-19(18)9-15/h2-10H,11H2,1H3,(H,23,24)(H,25,26). The Balaban J connectivity index is 1.58. The van der Waals surface area contributed by atoms with E-state index in [-0.39, 0.29) is 11.5 Å². The summed E-state index contributed by atoms with van der Waals surface area (Å²) >= 11 is 0. The fourth-order valence-electron chi connectivity index (χ4n) is 3.15. The lowest BCUT2D eigenvalue weighted by Crippen LogP contribution is -2.13. The van der Waals surface area contributed by atoms with Crippen LogP contribution >= 0.6 is 0 Å². The van der Waals surface area contributed by atoms with Crippen LogP contribution in [0.1, 0.15) is 31.8 Å². The molecule has 2 heterocycles. The molecule has 6 heteroatoms. The SMILES string of the molecule is Cc1cc(C(=O)Nc2ccc3c(c2)OCc2cnccc2-3)ccc1C(=O)O. The van der Waals surface area contributed by atoms with E-state index in [1.54, 1.807) is 31.5 Å². The highest BCUT2D eigenvalue weighted by Gasteiger charge is 2.18. The largest absolute Gasteiger partial charge is 0.488 e. The van der Waals surface area contributed by atoms with Gasteiger partial charge in [0.15, 0.2) is 0 Å². The Labute approximate surface area is 155 Å². The second-order valence-corrected chi connectivity index (χ2v) is 6.32. The number of anilines is 1. The number of fused-ring (bicyclic) bond motifs is 3. The molecule has 3 aromatic rings. The van der Waals surface area contributed by atoms with E-state index in [1.165, 1.54) is 12.1 Å². The first kappa shape index (κ1) is 16.8. The van der Waals surface area contributed by atoms with E-state index in [4.69, 9.17) is 9.84 Å². The first-order chi connectivity index (χ1) is 13.0. The molecule has 0 atom stereocenters. The van der Waals surface area contributed by atoms with Crippen molar-refractivity contribution < 1.29 is 19.4 Å². The zero-order valence-corrected chi connectivity index (χ0v) is 14.5. The van der Waals surface area contributed by atoms with Crippen molar-refractivity contribution in [3.63, 3.8) is 0 Å². The van der Waals surface area contributed by atoms with Gasteiger partial charge in [-0.3, -0.25) is 9.78 Å². The van der Waals surface area contributed by atoms with Gasteiger partial charge in [-0.2, -0.15) is 0 Å². The van der Waals surface area contributed by atoms with Gasteiger partial charge in [-0.15, -0.1) is 0 Å². The molecule has 0 aliphatic carbocycles. The fraction of sp³-hybridized carbons (Fsp3) is 0.0952. The molecule has 0 spiro atoms. The second kappa shape index (κ2) is 6.57. The van der Waals surface area contributed by atoms with E-state index in [2.05, 4.69) is 10.3 Å². The third kappa shape index (κ3) is 3.13. The molecule has 1 amide bonds. The average molecular weight is 360 g/mol. The van der Waals surface area contributed by atoms with Gasteiger partial charge in [0.05, 0.1) is 5.56 Å². The summed E-state index contributed by atoms with van der Waals surface area (Å²) in [6, 6.07) is 12.0. The maximum Gasteiger partial charge on any atom is 0.335 e. The van der Waals surface area contributed by atoms with Crippen LogP contribution in [-0.2, 0) is 6.61 Å². The fourth-order valence-corrected chi connectivity index (χ4v) is 3.15. The van der Waals surface area contributed by atoms with Crippen molar-refractivity contribution in [2.75, 3.05) is 5.32 Å². The molecule has 2 aromatic carbocycles. The summed E-state index contributed by atoms with van der Waals surface area (Å²) in [5.74, 6) is -0.624. The summed E-state index contributed by atoms with van der Waals surface area (Å²) in [4.78, 5) is 27.7. The van der Waals surface area contributed by atoms with Crippen molar-refractivity contribution in [1.82, 2.24) is 4.98 Å². The quantitative estimate of drug-likeness (QED) is 0.739. The molecule has 134 valence electrons. The van der Waals surface area contributed by atoms with Crippen LogP contribution in [0.15, 0.2) is 54.9 Å². The van der Waals surface area contributed by atoms with Crippen LogP contribution in [0.5, 0.6) is 5.75 Å². The van der Waals surface area contributed by atoms with Gasteiger partial charge in [0.1, 0.15) is 12.4 Å². The van der Waals surface area contributed by atoms with Crippen molar-refractivity contribution in [2.24, 2.45) is 0 Å². The molecule has 0 saturated heterocycles. The molecule has 0 unspecified atom stereocenters. The van der Waals surface area contributed by atoms with Gasteiger partial charge in [-0.25, -0.2) is 4.79 Å². The monoisotopic (exact) mass is 360 g/mol. The number of pyridine rings is 1. The van der Waals surface area contributed by atoms with E-state index < -0.39 is 5.97 Å². The second-order valence-electron chi connectivity index (χ2n) is 6.32. The lowest BCUT2D eigenvalue weighted by molar-refractivity contribution is 0.0695. The third-order valence-corrected chi connectivity index (χ3v) is 4.54. The minimum Gasteiger partial charge on any atom is -0.488 e. The number of carbonyl (C=O) groups is 2. The van der Waals surface area contributed by atoms with Crippen molar-refractivity contribution in [2.45, 2.75) is 13.5 Å². The van der Waals surface area contributed by atoms with Gasteiger partial charge in [0.25, 0.3) is 5.91 Å². The normalized spacial score (nSPS) is 11.7. The van der Waals surface area contributed by atoms with Crippen molar-refractivity contribution in [1.29, 1.82) is 0 Å². The zero-order chi connectivity index (χ0) is 19.0. The number of rotatable bonds is 3. The smallest absolute Gasteiger partial charge is 0.335 e. The predicted molar refractivity (Wildman–Crippen MR) is 100 cm³/mol. The number of ether oxygens (including phenoxy) is 1. The zero-order valence-electron chi connectivity index (χ0n) is 14.5. The minimum atomic E-state index is -1.01. The van der Waals surface area contributed by atoms with E-state index in [0.717, 1.165) is 16.7 Å². The average Bonchev–Trinajstić information content (AvgIpc) is 2.67. The number of amides is 1. The first-order valence-corrected chi connectivity index (χ1v) is 8.38. The maximum atomic E-state index is 12.5. The molecule has 0 fully saturated rings. The van der Waals surface area contributed by atoms with Gasteiger partial charge in [0.2, 0.25) is 0 Å². The number of nitrogens with zero attached hydrogens (tertiary/aromatic N) is 1. The Hall–Kier alpha value is -3.67. The summed E-state index contributed by atoms with van der Waals surface area (Å²) in [6.07, 6.45) is 3.53. The number of nitrogens with one attached hydrogen (secondary N) is 1. The molecule has 2 N–H and O–H groups in total. The van der Waals surface area contributed by atoms with Gasteiger partial charge in [-0.05, 0) is 54.4 Å². The Morgan fingerprint density at radius 2 is 1.96 bits per heavy atom. The number of aryl methyl sites for hydroxylation is 1. The van der Waals surface area contributed by atoms with E-state index in [0.29, 0.717) is 29.2 Å². The van der Waals surface area contributed by atoms with Crippen LogP contribution in [0.4, 0.5) is 5.69 Å². The summed E-state index contributed by atoms with van der Waals surface area (Å²) in [7, 11) is 0. The number of benzene rings is 2. The highest BCUT2D eigenvalue weighted by Crippen LogP contribution is 2.38. The molecule has 0 radical (unpaired) electrons. The molecule has 1 aromatic heterocycles. The molecule has 1 aliphatic heterocycles. The number of carboxylic acids is 1. The summed E-state index contributed by atoms with van der Waals surface area (Å²) < 4.78 is 5.78. The van der Waals surface area contributed by atoms with Crippen molar-refractivity contribution in [3.8, 4) is 16.9 Å². The third-order valence-electron chi connectivity index (χ3n) is 4.54. The van der Waals surface area contributed by atoms with Gasteiger partial charge >= 0.3 is 5.97 Å². The van der Waals surface area contributed by atoms with Gasteiger partial charge in [0, 0.05) is 40.8 Å². The molecule has 0 saturated carbocycles. The number of aromatic nitrogens is 1. The highest BCUT2D eigenvalue weighted by atomic mass is 16.5. The molecule has 0 bridgehead atoms. The van der Waals surface area contributed by atoms with E-state index in [1.807, 2.05) is 18.2 Å². The van der Waals surface area contributed by atoms with E-state index in [9.17, 15) is 9.59 Å². The van der Waals surface area contributed by atoms with Gasteiger partial charge < -0.3 is 15.2 Å². The molecule has 1 aliphatic rings. The van der Waals surface area contributed by atoms with Crippen LogP contribution in [0.3, 0.4) is 0 Å². The summed E-state index contributed by atoms with van der Waals surface area (Å²) in [5.41, 5.74) is 4.78. The molecule has 6 nitrogen and oxygen atoms in total. The van der Waals surface area contributed by atoms with Crippen LogP contribution in [-0.4, -0.2) is 22.0 Å². The van der Waals surface area contributed by atoms with Crippen molar-refractivity contribution in [3.05, 3.63) is 77.1 Å². The van der Waals surface area contributed by atoms with Crippen LogP contribution in [0.25, 0.3) is 11.1 Å². The van der Waals surface area contributed by atoms with Crippen LogP contribution in [0, 0.1) is 6.92 Å². The maximum absolute atomic E-state index is 12.5. The van der Waals surface area contributed by atoms with Crippen molar-refractivity contribution >= 4 is 17.6 Å². The summed E-state index contributed by atoms with van der Waals surface area (Å²) in [5, 5.41) is 11.9. The van der Waals surface area contributed by atoms with Crippen LogP contribution in [0.2, 0.25) is 0 Å². The summed E-state index contributed by atoms with van der Waals surface area (Å²) in [6.45, 7) is 2.10. The number of hydrogen-bond donors (Lipinski definition) is 2. The molecular formula is C21H16N2O4. The molecule has 27 heavy (non-hydrogen) atoms. The molecule has 4 rings (SSSR count).